The highest BCUT2D eigenvalue weighted by molar-refractivity contribution is 7.81. The first-order chi connectivity index (χ1) is 6.24. The molecule has 0 rings (SSSR count). The molecule has 8 heteroatoms. The van der Waals surface area contributed by atoms with Gasteiger partial charge >= 0.3 is 5.31 Å². The van der Waals surface area contributed by atoms with Crippen molar-refractivity contribution in [1.82, 2.24) is 0 Å². The summed E-state index contributed by atoms with van der Waals surface area (Å²) in [6.45, 7) is 5.79. The third-order valence-electron chi connectivity index (χ3n) is 0. The van der Waals surface area contributed by atoms with E-state index in [1.807, 2.05) is 0 Å². The molecule has 0 amide bonds. The van der Waals surface area contributed by atoms with Crippen molar-refractivity contribution in [2.45, 2.75) is 20.8 Å². The molecule has 92 valence electrons. The number of halogens is 4. The Labute approximate surface area is 105 Å². The van der Waals surface area contributed by atoms with Crippen LogP contribution < -0.4 is 0 Å². The van der Waals surface area contributed by atoms with Crippen LogP contribution in [-0.4, -0.2) is 40.5 Å². The number of aliphatic hydroxyl groups is 3. The van der Waals surface area contributed by atoms with Crippen molar-refractivity contribution in [3.63, 3.8) is 0 Å². The van der Waals surface area contributed by atoms with Gasteiger partial charge in [0.05, 0.1) is 0 Å². The highest BCUT2D eigenvalue weighted by Gasteiger charge is 2.19. The molecule has 0 saturated heterocycles. The fraction of sp³-hybridized carbons (Fsp3) is 1.00. The number of hydrogen-bond acceptors (Lipinski definition) is 3. The van der Waals surface area contributed by atoms with E-state index in [4.69, 9.17) is 59.6 Å². The van der Waals surface area contributed by atoms with Crippen molar-refractivity contribution in [3.05, 3.63) is 0 Å². The van der Waals surface area contributed by atoms with E-state index in [1.54, 1.807) is 20.8 Å². The molecule has 0 aromatic rings. The number of aliphatic hydroxyl groups excluding tert-OH is 3. The van der Waals surface area contributed by atoms with Gasteiger partial charge in [-0.05, 0) is 20.8 Å². The van der Waals surface area contributed by atoms with Crippen LogP contribution in [0.25, 0.3) is 0 Å². The van der Waals surface area contributed by atoms with Gasteiger partial charge < -0.3 is 15.3 Å². The molecule has 0 aromatic carbocycles. The van der Waals surface area contributed by atoms with Crippen LogP contribution in [-0.2, 0) is 0 Å². The van der Waals surface area contributed by atoms with Crippen LogP contribution in [0, 0.1) is 0 Å². The van der Waals surface area contributed by atoms with Crippen LogP contribution in [0.2, 0.25) is 0 Å². The molecule has 0 fully saturated rings. The van der Waals surface area contributed by atoms with Gasteiger partial charge in [0.1, 0.15) is 0 Å². The topological polar surface area (TPSA) is 60.7 Å². The molecular formula is C6H18Cl4O3Si. The molecule has 0 saturated carbocycles. The van der Waals surface area contributed by atoms with E-state index in [2.05, 4.69) is 0 Å². The van der Waals surface area contributed by atoms with Gasteiger partial charge in [-0.3, -0.25) is 0 Å². The zero-order valence-corrected chi connectivity index (χ0v) is 12.5. The summed E-state index contributed by atoms with van der Waals surface area (Å²) in [4.78, 5) is 0. The summed E-state index contributed by atoms with van der Waals surface area (Å²) in [6, 6.07) is 0. The van der Waals surface area contributed by atoms with E-state index in [9.17, 15) is 0 Å². The largest absolute Gasteiger partial charge is 0.440 e. The molecule has 3 N–H and O–H groups in total. The van der Waals surface area contributed by atoms with E-state index in [0.29, 0.717) is 0 Å². The lowest BCUT2D eigenvalue weighted by atomic mass is 10.9. The minimum Gasteiger partial charge on any atom is -0.397 e. The molecule has 14 heavy (non-hydrogen) atoms. The molecule has 0 radical (unpaired) electrons. The van der Waals surface area contributed by atoms with Gasteiger partial charge in [0.25, 0.3) is 0 Å². The molecule has 3 nitrogen and oxygen atoms in total. The van der Waals surface area contributed by atoms with Crippen molar-refractivity contribution in [2.75, 3.05) is 19.8 Å². The highest BCUT2D eigenvalue weighted by atomic mass is 36.0. The van der Waals surface area contributed by atoms with Gasteiger partial charge in [-0.15, -0.1) is 44.3 Å². The van der Waals surface area contributed by atoms with E-state index in [0.717, 1.165) is 0 Å². The van der Waals surface area contributed by atoms with Crippen molar-refractivity contribution < 1.29 is 15.3 Å². The lowest BCUT2D eigenvalue weighted by molar-refractivity contribution is 0.318. The third kappa shape index (κ3) is 1260. The molecule has 0 aliphatic rings. The predicted molar refractivity (Wildman–Crippen MR) is 67.4 cm³/mol. The molecule has 0 atom stereocenters. The first-order valence-electron chi connectivity index (χ1n) is 3.83. The molecule has 0 heterocycles. The molecule has 0 aliphatic carbocycles. The zero-order valence-electron chi connectivity index (χ0n) is 8.47. The van der Waals surface area contributed by atoms with E-state index in [-0.39, 0.29) is 19.8 Å². The first kappa shape index (κ1) is 24.5. The fourth-order valence-corrected chi connectivity index (χ4v) is 0. The van der Waals surface area contributed by atoms with Crippen LogP contribution in [0.5, 0.6) is 0 Å². The lowest BCUT2D eigenvalue weighted by Crippen LogP contribution is -1.91. The second-order valence-corrected chi connectivity index (χ2v) is 12.5. The average Bonchev–Trinajstić information content (AvgIpc) is 1.86. The van der Waals surface area contributed by atoms with Crippen LogP contribution in [0.15, 0.2) is 0 Å². The Balaban J connectivity index is -0.0000000495. The summed E-state index contributed by atoms with van der Waals surface area (Å²) in [7, 11) is 0. The highest BCUT2D eigenvalue weighted by Crippen LogP contribution is 2.23. The summed E-state index contributed by atoms with van der Waals surface area (Å²) in [5, 5.41) is 20.0. The van der Waals surface area contributed by atoms with Crippen LogP contribution in [0.4, 0.5) is 0 Å². The minimum atomic E-state index is -2.72. The van der Waals surface area contributed by atoms with Crippen molar-refractivity contribution in [1.29, 1.82) is 0 Å². The second kappa shape index (κ2) is 23.8. The SMILES string of the molecule is CCO.CCO.CCO.Cl[Si](Cl)(Cl)Cl. The van der Waals surface area contributed by atoms with Gasteiger partial charge in [-0.1, -0.05) is 0 Å². The van der Waals surface area contributed by atoms with E-state index in [1.165, 1.54) is 0 Å². The lowest BCUT2D eigenvalue weighted by Gasteiger charge is -1.85. The molecule has 0 aliphatic heterocycles. The number of hydrogen-bond donors (Lipinski definition) is 3. The summed E-state index contributed by atoms with van der Waals surface area (Å²) >= 11 is 19.9. The Morgan fingerprint density at radius 3 is 0.714 bits per heavy atom. The van der Waals surface area contributed by atoms with Gasteiger partial charge in [0.2, 0.25) is 0 Å². The average molecular weight is 308 g/mol. The predicted octanol–water partition coefficient (Wildman–Crippen LogP) is 2.37. The summed E-state index contributed by atoms with van der Waals surface area (Å²) in [5.74, 6) is 0. The van der Waals surface area contributed by atoms with Gasteiger partial charge in [0.15, 0.2) is 0 Å². The van der Waals surface area contributed by atoms with Crippen LogP contribution in [0.1, 0.15) is 20.8 Å². The van der Waals surface area contributed by atoms with Crippen molar-refractivity contribution >= 4 is 49.6 Å². The Morgan fingerprint density at radius 2 is 0.714 bits per heavy atom. The summed E-state index contributed by atoms with van der Waals surface area (Å²) in [5.41, 5.74) is 0. The fourth-order valence-electron chi connectivity index (χ4n) is 0. The van der Waals surface area contributed by atoms with Gasteiger partial charge in [0, 0.05) is 19.8 Å². The first-order valence-corrected chi connectivity index (χ1v) is 9.87. The van der Waals surface area contributed by atoms with Crippen LogP contribution in [0.3, 0.4) is 0 Å². The Morgan fingerprint density at radius 1 is 0.714 bits per heavy atom. The summed E-state index contributed by atoms with van der Waals surface area (Å²) < 4.78 is 0. The third-order valence-corrected chi connectivity index (χ3v) is 0. The Kier molecular flexibility index (Phi) is 41.6. The summed E-state index contributed by atoms with van der Waals surface area (Å²) in [6.07, 6.45) is 0. The molecular weight excluding hydrogens is 290 g/mol. The molecule has 0 unspecified atom stereocenters. The maximum absolute atomic E-state index is 7.57. The van der Waals surface area contributed by atoms with Crippen LogP contribution >= 0.6 is 44.3 Å². The monoisotopic (exact) mass is 306 g/mol. The maximum Gasteiger partial charge on any atom is 0.440 e. The quantitative estimate of drug-likeness (QED) is 0.476. The standard InChI is InChI=1S/3C2H6O.Cl4Si/c3*1-2-3;1-5(2,3)4/h3*3H,2H2,1H3;. The van der Waals surface area contributed by atoms with E-state index < -0.39 is 5.31 Å². The molecule has 0 aromatic heterocycles. The Bertz CT molecular complexity index is 61.8. The molecule has 0 bridgehead atoms. The molecule has 0 spiro atoms. The van der Waals surface area contributed by atoms with E-state index >= 15 is 0 Å². The minimum absolute atomic E-state index is 0.250. The Hall–Kier alpha value is 1.26. The second-order valence-electron chi connectivity index (χ2n) is 1.38. The number of rotatable bonds is 0. The van der Waals surface area contributed by atoms with Gasteiger partial charge in [-0.2, -0.15) is 0 Å². The smallest absolute Gasteiger partial charge is 0.397 e. The van der Waals surface area contributed by atoms with Crippen molar-refractivity contribution in [2.24, 2.45) is 0 Å². The zero-order chi connectivity index (χ0) is 12.6. The van der Waals surface area contributed by atoms with Crippen molar-refractivity contribution in [3.8, 4) is 0 Å². The maximum atomic E-state index is 7.57. The van der Waals surface area contributed by atoms with Gasteiger partial charge in [-0.25, -0.2) is 0 Å². The normalized spacial score (nSPS) is 8.14.